The summed E-state index contributed by atoms with van der Waals surface area (Å²) in [6, 6.07) is 4.55. The van der Waals surface area contributed by atoms with Crippen LogP contribution >= 0.6 is 15.9 Å². The van der Waals surface area contributed by atoms with Crippen LogP contribution in [0.1, 0.15) is 6.92 Å². The van der Waals surface area contributed by atoms with Gasteiger partial charge < -0.3 is 10.5 Å². The number of halogens is 1. The number of nitrogen functional groups attached to an aromatic ring is 1. The fraction of sp³-hybridized carbons (Fsp3) is 0.538. The standard InChI is InChI=1S/C13H20BrN3O3S/c1-10(9-17-4-6-20-7-5-17)16-21(18,19)13-3-2-11(14)8-12(13)15/h2-3,8,10,16H,4-7,9,15H2,1H3. The maximum absolute atomic E-state index is 12.4. The van der Waals surface area contributed by atoms with E-state index in [1.165, 1.54) is 6.07 Å². The summed E-state index contributed by atoms with van der Waals surface area (Å²) in [5.41, 5.74) is 6.02. The van der Waals surface area contributed by atoms with Gasteiger partial charge in [-0.25, -0.2) is 13.1 Å². The van der Waals surface area contributed by atoms with E-state index in [-0.39, 0.29) is 16.6 Å². The molecule has 0 spiro atoms. The van der Waals surface area contributed by atoms with Crippen LogP contribution in [0.25, 0.3) is 0 Å². The molecule has 1 atom stereocenters. The van der Waals surface area contributed by atoms with E-state index in [9.17, 15) is 8.42 Å². The number of nitrogens with zero attached hydrogens (tertiary/aromatic N) is 1. The molecule has 0 saturated carbocycles. The van der Waals surface area contributed by atoms with E-state index < -0.39 is 10.0 Å². The number of benzene rings is 1. The fourth-order valence-corrected chi connectivity index (χ4v) is 4.03. The van der Waals surface area contributed by atoms with Crippen LogP contribution in [0.15, 0.2) is 27.6 Å². The lowest BCUT2D eigenvalue weighted by molar-refractivity contribution is 0.0354. The molecule has 1 aliphatic heterocycles. The van der Waals surface area contributed by atoms with Gasteiger partial charge in [-0.2, -0.15) is 0 Å². The monoisotopic (exact) mass is 377 g/mol. The van der Waals surface area contributed by atoms with Crippen LogP contribution in [-0.2, 0) is 14.8 Å². The van der Waals surface area contributed by atoms with E-state index in [0.29, 0.717) is 19.8 Å². The third-order valence-electron chi connectivity index (χ3n) is 3.25. The molecule has 1 aromatic carbocycles. The van der Waals surface area contributed by atoms with Crippen molar-refractivity contribution in [3.05, 3.63) is 22.7 Å². The quantitative estimate of drug-likeness (QED) is 0.748. The normalized spacial score (nSPS) is 18.6. The molecule has 1 fully saturated rings. The van der Waals surface area contributed by atoms with Crippen molar-refractivity contribution >= 4 is 31.6 Å². The van der Waals surface area contributed by atoms with Gasteiger partial charge in [0.05, 0.1) is 18.9 Å². The van der Waals surface area contributed by atoms with E-state index in [1.807, 2.05) is 6.92 Å². The number of nitrogens with two attached hydrogens (primary N) is 1. The zero-order valence-electron chi connectivity index (χ0n) is 11.9. The molecule has 3 N–H and O–H groups in total. The molecule has 0 aromatic heterocycles. The van der Waals surface area contributed by atoms with Crippen molar-refractivity contribution in [2.24, 2.45) is 0 Å². The third-order valence-corrected chi connectivity index (χ3v) is 5.41. The largest absolute Gasteiger partial charge is 0.398 e. The number of hydrogen-bond acceptors (Lipinski definition) is 5. The highest BCUT2D eigenvalue weighted by atomic mass is 79.9. The van der Waals surface area contributed by atoms with E-state index in [0.717, 1.165) is 17.6 Å². The molecule has 2 rings (SSSR count). The molecule has 6 nitrogen and oxygen atoms in total. The molecule has 1 heterocycles. The van der Waals surface area contributed by atoms with Crippen LogP contribution in [0.3, 0.4) is 0 Å². The summed E-state index contributed by atoms with van der Waals surface area (Å²) in [6.45, 7) is 5.54. The van der Waals surface area contributed by atoms with Crippen molar-refractivity contribution in [2.45, 2.75) is 17.9 Å². The number of rotatable bonds is 5. The Morgan fingerprint density at radius 1 is 1.43 bits per heavy atom. The van der Waals surface area contributed by atoms with Gasteiger partial charge in [0.2, 0.25) is 10.0 Å². The Labute approximate surface area is 133 Å². The highest BCUT2D eigenvalue weighted by Crippen LogP contribution is 2.22. The van der Waals surface area contributed by atoms with Crippen LogP contribution in [0.5, 0.6) is 0 Å². The van der Waals surface area contributed by atoms with Crippen molar-refractivity contribution in [1.29, 1.82) is 0 Å². The molecule has 0 bridgehead atoms. The summed E-state index contributed by atoms with van der Waals surface area (Å²) >= 11 is 3.27. The predicted molar refractivity (Wildman–Crippen MR) is 85.6 cm³/mol. The first kappa shape index (κ1) is 16.7. The first-order valence-electron chi connectivity index (χ1n) is 6.76. The molecule has 1 aliphatic rings. The smallest absolute Gasteiger partial charge is 0.242 e. The van der Waals surface area contributed by atoms with Crippen molar-refractivity contribution in [3.63, 3.8) is 0 Å². The van der Waals surface area contributed by atoms with Gasteiger partial charge in [0.25, 0.3) is 0 Å². The molecule has 8 heteroatoms. The topological polar surface area (TPSA) is 84.7 Å². The summed E-state index contributed by atoms with van der Waals surface area (Å²) in [5.74, 6) is 0. The molecular formula is C13H20BrN3O3S. The first-order valence-corrected chi connectivity index (χ1v) is 9.03. The molecule has 1 aromatic rings. The zero-order valence-corrected chi connectivity index (χ0v) is 14.3. The van der Waals surface area contributed by atoms with Gasteiger partial charge in [0.15, 0.2) is 0 Å². The van der Waals surface area contributed by atoms with Crippen molar-refractivity contribution < 1.29 is 13.2 Å². The van der Waals surface area contributed by atoms with Gasteiger partial charge >= 0.3 is 0 Å². The van der Waals surface area contributed by atoms with Crippen LogP contribution in [0, 0.1) is 0 Å². The lowest BCUT2D eigenvalue weighted by atomic mass is 10.3. The fourth-order valence-electron chi connectivity index (χ4n) is 2.30. The second-order valence-corrected chi connectivity index (χ2v) is 7.72. The van der Waals surface area contributed by atoms with Crippen LogP contribution in [0.2, 0.25) is 0 Å². The van der Waals surface area contributed by atoms with E-state index in [2.05, 4.69) is 25.6 Å². The Balaban J connectivity index is 2.02. The number of ether oxygens (including phenoxy) is 1. The summed E-state index contributed by atoms with van der Waals surface area (Å²) in [7, 11) is -3.61. The Hall–Kier alpha value is -0.670. The van der Waals surface area contributed by atoms with E-state index in [4.69, 9.17) is 10.5 Å². The van der Waals surface area contributed by atoms with Crippen LogP contribution in [0.4, 0.5) is 5.69 Å². The van der Waals surface area contributed by atoms with Gasteiger partial charge in [-0.1, -0.05) is 15.9 Å². The van der Waals surface area contributed by atoms with E-state index >= 15 is 0 Å². The van der Waals surface area contributed by atoms with Crippen LogP contribution < -0.4 is 10.5 Å². The van der Waals surface area contributed by atoms with Gasteiger partial charge in [0, 0.05) is 30.1 Å². The summed E-state index contributed by atoms with van der Waals surface area (Å²) < 4.78 is 33.4. The molecule has 0 amide bonds. The Morgan fingerprint density at radius 2 is 2.10 bits per heavy atom. The Kier molecular flexibility index (Phi) is 5.61. The highest BCUT2D eigenvalue weighted by molar-refractivity contribution is 9.10. The lowest BCUT2D eigenvalue weighted by Gasteiger charge is -2.29. The minimum absolute atomic E-state index is 0.111. The number of anilines is 1. The molecule has 21 heavy (non-hydrogen) atoms. The molecule has 0 aliphatic carbocycles. The Morgan fingerprint density at radius 3 is 2.71 bits per heavy atom. The van der Waals surface area contributed by atoms with Gasteiger partial charge in [-0.05, 0) is 25.1 Å². The molecule has 1 saturated heterocycles. The summed E-state index contributed by atoms with van der Waals surface area (Å²) in [5, 5.41) is 0. The summed E-state index contributed by atoms with van der Waals surface area (Å²) in [4.78, 5) is 2.29. The van der Waals surface area contributed by atoms with Crippen molar-refractivity contribution in [3.8, 4) is 0 Å². The number of hydrogen-bond donors (Lipinski definition) is 2. The molecule has 118 valence electrons. The predicted octanol–water partition coefficient (Wildman–Crippen LogP) is 1.03. The minimum Gasteiger partial charge on any atom is -0.398 e. The van der Waals surface area contributed by atoms with Gasteiger partial charge in [-0.3, -0.25) is 4.90 Å². The maximum atomic E-state index is 12.4. The average molecular weight is 378 g/mol. The molecular weight excluding hydrogens is 358 g/mol. The maximum Gasteiger partial charge on any atom is 0.242 e. The van der Waals surface area contributed by atoms with Gasteiger partial charge in [-0.15, -0.1) is 0 Å². The van der Waals surface area contributed by atoms with Gasteiger partial charge in [0.1, 0.15) is 4.90 Å². The molecule has 0 radical (unpaired) electrons. The minimum atomic E-state index is -3.61. The van der Waals surface area contributed by atoms with Crippen molar-refractivity contribution in [2.75, 3.05) is 38.6 Å². The molecule has 1 unspecified atom stereocenters. The first-order chi connectivity index (χ1) is 9.88. The van der Waals surface area contributed by atoms with Crippen molar-refractivity contribution in [1.82, 2.24) is 9.62 Å². The average Bonchev–Trinajstić information content (AvgIpc) is 2.38. The number of sulfonamides is 1. The second kappa shape index (κ2) is 7.06. The zero-order chi connectivity index (χ0) is 15.5. The van der Waals surface area contributed by atoms with E-state index in [1.54, 1.807) is 12.1 Å². The third kappa shape index (κ3) is 4.65. The second-order valence-electron chi connectivity index (χ2n) is 5.12. The lowest BCUT2D eigenvalue weighted by Crippen LogP contribution is -2.46. The summed E-state index contributed by atoms with van der Waals surface area (Å²) in [6.07, 6.45) is 0. The SMILES string of the molecule is CC(CN1CCOCC1)NS(=O)(=O)c1ccc(Br)cc1N. The van der Waals surface area contributed by atoms with Crippen LogP contribution in [-0.4, -0.2) is 52.2 Å². The Bertz CT molecular complexity index is 588. The highest BCUT2D eigenvalue weighted by Gasteiger charge is 2.22. The number of nitrogens with one attached hydrogen (secondary N) is 1. The number of morpholine rings is 1.